The van der Waals surface area contributed by atoms with E-state index >= 15 is 0 Å². The molecule has 0 spiro atoms. The van der Waals surface area contributed by atoms with Crippen molar-refractivity contribution >= 4 is 17.2 Å². The van der Waals surface area contributed by atoms with Gasteiger partial charge in [0.25, 0.3) is 0 Å². The van der Waals surface area contributed by atoms with Crippen molar-refractivity contribution in [3.63, 3.8) is 0 Å². The molecule has 3 heterocycles. The molecule has 2 saturated heterocycles. The SMILES string of the molecule is Cc1nc(CN2CC3CN(C(=O)Cc4cccc(F)c4F)CC3C2)cs1. The van der Waals surface area contributed by atoms with Crippen LogP contribution >= 0.6 is 11.3 Å². The van der Waals surface area contributed by atoms with Gasteiger partial charge >= 0.3 is 0 Å². The van der Waals surface area contributed by atoms with E-state index in [9.17, 15) is 13.6 Å². The van der Waals surface area contributed by atoms with Crippen LogP contribution in [0.5, 0.6) is 0 Å². The topological polar surface area (TPSA) is 36.4 Å². The molecule has 1 aromatic heterocycles. The first-order chi connectivity index (χ1) is 12.5. The molecular formula is C19H21F2N3OS. The Hall–Kier alpha value is -1.86. The number of hydrogen-bond acceptors (Lipinski definition) is 4. The van der Waals surface area contributed by atoms with E-state index < -0.39 is 11.6 Å². The summed E-state index contributed by atoms with van der Waals surface area (Å²) >= 11 is 1.67. The van der Waals surface area contributed by atoms with E-state index in [4.69, 9.17) is 0 Å². The van der Waals surface area contributed by atoms with E-state index in [0.717, 1.165) is 36.4 Å². The monoisotopic (exact) mass is 377 g/mol. The fourth-order valence-electron chi connectivity index (χ4n) is 4.09. The van der Waals surface area contributed by atoms with Gasteiger partial charge in [-0.05, 0) is 24.8 Å². The number of rotatable bonds is 4. The van der Waals surface area contributed by atoms with Crippen LogP contribution < -0.4 is 0 Å². The lowest BCUT2D eigenvalue weighted by Gasteiger charge is -2.21. The van der Waals surface area contributed by atoms with Crippen molar-refractivity contribution in [1.29, 1.82) is 0 Å². The van der Waals surface area contributed by atoms with E-state index in [1.807, 2.05) is 11.8 Å². The maximum absolute atomic E-state index is 13.8. The number of halogens is 2. The number of carbonyl (C=O) groups is 1. The van der Waals surface area contributed by atoms with Crippen molar-refractivity contribution in [1.82, 2.24) is 14.8 Å². The van der Waals surface area contributed by atoms with E-state index in [1.165, 1.54) is 12.1 Å². The van der Waals surface area contributed by atoms with E-state index in [0.29, 0.717) is 24.9 Å². The molecule has 26 heavy (non-hydrogen) atoms. The molecule has 2 aliphatic rings. The Morgan fingerprint density at radius 1 is 1.23 bits per heavy atom. The molecule has 4 nitrogen and oxygen atoms in total. The van der Waals surface area contributed by atoms with Crippen LogP contribution in [0.15, 0.2) is 23.6 Å². The molecule has 0 radical (unpaired) electrons. The van der Waals surface area contributed by atoms with Gasteiger partial charge in [0.05, 0.1) is 17.1 Å². The lowest BCUT2D eigenvalue weighted by atomic mass is 10.0. The predicted molar refractivity (Wildman–Crippen MR) is 95.8 cm³/mol. The molecule has 2 aromatic rings. The average Bonchev–Trinajstić information content (AvgIpc) is 3.27. The first-order valence-corrected chi connectivity index (χ1v) is 9.71. The van der Waals surface area contributed by atoms with E-state index in [-0.39, 0.29) is 17.9 Å². The Bertz CT molecular complexity index is 811. The van der Waals surface area contributed by atoms with Gasteiger partial charge in [-0.25, -0.2) is 13.8 Å². The van der Waals surface area contributed by atoms with Crippen LogP contribution in [0.1, 0.15) is 16.3 Å². The van der Waals surface area contributed by atoms with Crippen LogP contribution in [0.4, 0.5) is 8.78 Å². The molecule has 7 heteroatoms. The molecule has 2 aliphatic heterocycles. The summed E-state index contributed by atoms with van der Waals surface area (Å²) in [5.41, 5.74) is 1.24. The molecule has 0 saturated carbocycles. The molecular weight excluding hydrogens is 356 g/mol. The molecule has 1 amide bonds. The number of amides is 1. The summed E-state index contributed by atoms with van der Waals surface area (Å²) in [6.07, 6.45) is -0.0785. The van der Waals surface area contributed by atoms with E-state index in [1.54, 1.807) is 11.3 Å². The van der Waals surface area contributed by atoms with Crippen molar-refractivity contribution in [3.8, 4) is 0 Å². The van der Waals surface area contributed by atoms with Crippen LogP contribution in [0.2, 0.25) is 0 Å². The maximum atomic E-state index is 13.8. The summed E-state index contributed by atoms with van der Waals surface area (Å²) in [5, 5.41) is 3.19. The maximum Gasteiger partial charge on any atom is 0.227 e. The predicted octanol–water partition coefficient (Wildman–Crippen LogP) is 2.86. The summed E-state index contributed by atoms with van der Waals surface area (Å²) in [7, 11) is 0. The third kappa shape index (κ3) is 3.50. The van der Waals surface area contributed by atoms with E-state index in [2.05, 4.69) is 15.3 Å². The van der Waals surface area contributed by atoms with Gasteiger partial charge in [0, 0.05) is 43.7 Å². The Balaban J connectivity index is 1.32. The summed E-state index contributed by atoms with van der Waals surface area (Å²) in [6.45, 7) is 6.19. The summed E-state index contributed by atoms with van der Waals surface area (Å²) in [5.74, 6) is -1.02. The zero-order valence-electron chi connectivity index (χ0n) is 14.6. The lowest BCUT2D eigenvalue weighted by Crippen LogP contribution is -2.34. The minimum Gasteiger partial charge on any atom is -0.342 e. The van der Waals surface area contributed by atoms with Gasteiger partial charge in [-0.3, -0.25) is 9.69 Å². The summed E-state index contributed by atoms with van der Waals surface area (Å²) in [6, 6.07) is 3.99. The first-order valence-electron chi connectivity index (χ1n) is 8.83. The van der Waals surface area contributed by atoms with Gasteiger partial charge in [-0.1, -0.05) is 12.1 Å². The number of fused-ring (bicyclic) bond motifs is 1. The van der Waals surface area contributed by atoms with Gasteiger partial charge in [0.15, 0.2) is 11.6 Å². The molecule has 2 atom stereocenters. The van der Waals surface area contributed by atoms with Crippen LogP contribution in [0.3, 0.4) is 0 Å². The zero-order valence-corrected chi connectivity index (χ0v) is 15.4. The number of thiazole rings is 1. The third-order valence-corrected chi connectivity index (χ3v) is 6.16. The highest BCUT2D eigenvalue weighted by Gasteiger charge is 2.41. The van der Waals surface area contributed by atoms with Crippen LogP contribution in [0, 0.1) is 30.4 Å². The van der Waals surface area contributed by atoms with Crippen molar-refractivity contribution in [2.75, 3.05) is 26.2 Å². The highest BCUT2D eigenvalue weighted by Crippen LogP contribution is 2.32. The smallest absolute Gasteiger partial charge is 0.227 e. The largest absolute Gasteiger partial charge is 0.342 e. The van der Waals surface area contributed by atoms with Gasteiger partial charge in [0.2, 0.25) is 5.91 Å². The molecule has 4 rings (SSSR count). The number of hydrogen-bond donors (Lipinski definition) is 0. The normalized spacial score (nSPS) is 22.8. The number of likely N-dealkylation sites (tertiary alicyclic amines) is 2. The molecule has 1 aromatic carbocycles. The molecule has 2 unspecified atom stereocenters. The Labute approximate surface area is 155 Å². The van der Waals surface area contributed by atoms with Gasteiger partial charge < -0.3 is 4.90 Å². The average molecular weight is 377 g/mol. The number of nitrogens with zero attached hydrogens (tertiary/aromatic N) is 3. The summed E-state index contributed by atoms with van der Waals surface area (Å²) < 4.78 is 27.1. The number of aromatic nitrogens is 1. The quantitative estimate of drug-likeness (QED) is 0.822. The molecule has 0 bridgehead atoms. The Morgan fingerprint density at radius 3 is 2.62 bits per heavy atom. The standard InChI is InChI=1S/C19H21F2N3OS/c1-12-22-16(11-26-12)10-23-6-14-8-24(9-15(14)7-23)18(25)5-13-3-2-4-17(20)19(13)21/h2-4,11,14-15H,5-10H2,1H3. The highest BCUT2D eigenvalue weighted by molar-refractivity contribution is 7.09. The van der Waals surface area contributed by atoms with Crippen molar-refractivity contribution in [2.45, 2.75) is 19.9 Å². The van der Waals surface area contributed by atoms with Crippen LogP contribution in [0.25, 0.3) is 0 Å². The highest BCUT2D eigenvalue weighted by atomic mass is 32.1. The van der Waals surface area contributed by atoms with Crippen molar-refractivity contribution < 1.29 is 13.6 Å². The van der Waals surface area contributed by atoms with Crippen LogP contribution in [-0.2, 0) is 17.8 Å². The minimum atomic E-state index is -0.912. The van der Waals surface area contributed by atoms with Gasteiger partial charge in [-0.15, -0.1) is 11.3 Å². The Kier molecular flexibility index (Phi) is 4.75. The second kappa shape index (κ2) is 7.04. The molecule has 0 N–H and O–H groups in total. The molecule has 138 valence electrons. The number of carbonyl (C=O) groups excluding carboxylic acids is 1. The Morgan fingerprint density at radius 2 is 1.96 bits per heavy atom. The second-order valence-electron chi connectivity index (χ2n) is 7.26. The second-order valence-corrected chi connectivity index (χ2v) is 8.32. The van der Waals surface area contributed by atoms with Gasteiger partial charge in [-0.2, -0.15) is 0 Å². The van der Waals surface area contributed by atoms with Crippen molar-refractivity contribution in [2.24, 2.45) is 11.8 Å². The van der Waals surface area contributed by atoms with Crippen LogP contribution in [-0.4, -0.2) is 46.9 Å². The molecule has 0 aliphatic carbocycles. The van der Waals surface area contributed by atoms with Gasteiger partial charge in [0.1, 0.15) is 0 Å². The van der Waals surface area contributed by atoms with Crippen molar-refractivity contribution in [3.05, 3.63) is 51.5 Å². The number of aryl methyl sites for hydroxylation is 1. The summed E-state index contributed by atoms with van der Waals surface area (Å²) in [4.78, 5) is 21.2. The fraction of sp³-hybridized carbons (Fsp3) is 0.474. The first kappa shape index (κ1) is 17.5. The minimum absolute atomic E-state index is 0.0785. The lowest BCUT2D eigenvalue weighted by molar-refractivity contribution is -0.129. The zero-order chi connectivity index (χ0) is 18.3. The third-order valence-electron chi connectivity index (χ3n) is 5.34. The molecule has 2 fully saturated rings. The fourth-order valence-corrected chi connectivity index (χ4v) is 4.70. The number of benzene rings is 1.